The summed E-state index contributed by atoms with van der Waals surface area (Å²) in [5, 5.41) is 5.31. The van der Waals surface area contributed by atoms with Gasteiger partial charge >= 0.3 is 0 Å². The van der Waals surface area contributed by atoms with Gasteiger partial charge in [0, 0.05) is 12.1 Å². The Morgan fingerprint density at radius 1 is 0.958 bits per heavy atom. The highest BCUT2D eigenvalue weighted by molar-refractivity contribution is 5.94. The Morgan fingerprint density at radius 2 is 1.67 bits per heavy atom. The molecule has 0 radical (unpaired) electrons. The smallest absolute Gasteiger partial charge is 0.243 e. The molecule has 0 heterocycles. The summed E-state index contributed by atoms with van der Waals surface area (Å²) in [5.41, 5.74) is 1.76. The largest absolute Gasteiger partial charge is 0.489 e. The molecule has 126 valence electrons. The number of hydrogen-bond acceptors (Lipinski definition) is 3. The lowest BCUT2D eigenvalue weighted by Crippen LogP contribution is -2.32. The van der Waals surface area contributed by atoms with Gasteiger partial charge in [-0.25, -0.2) is 0 Å². The van der Waals surface area contributed by atoms with Crippen molar-refractivity contribution in [3.8, 4) is 5.75 Å². The van der Waals surface area contributed by atoms with Crippen LogP contribution in [0.2, 0.25) is 0 Å². The standard InChI is InChI=1S/C19H22N2O3/c1-2-6-18(22)20-13-19(23)21-16-9-11-17(12-10-16)24-14-15-7-4-3-5-8-15/h3-5,7-12H,2,6,13-14H2,1H3,(H,20,22)(H,21,23). The molecular formula is C19H22N2O3. The van der Waals surface area contributed by atoms with Gasteiger partial charge in [0.25, 0.3) is 0 Å². The molecule has 0 spiro atoms. The van der Waals surface area contributed by atoms with Crippen LogP contribution in [0.15, 0.2) is 54.6 Å². The number of carbonyl (C=O) groups is 2. The van der Waals surface area contributed by atoms with Crippen LogP contribution in [0, 0.1) is 0 Å². The van der Waals surface area contributed by atoms with Crippen LogP contribution in [0.1, 0.15) is 25.3 Å². The molecule has 0 saturated heterocycles. The zero-order valence-electron chi connectivity index (χ0n) is 13.7. The molecule has 0 aliphatic rings. The third-order valence-corrected chi connectivity index (χ3v) is 3.31. The second-order valence-corrected chi connectivity index (χ2v) is 5.37. The van der Waals surface area contributed by atoms with Gasteiger partial charge in [0.05, 0.1) is 6.54 Å². The third kappa shape index (κ3) is 6.12. The minimum atomic E-state index is -0.252. The predicted molar refractivity (Wildman–Crippen MR) is 93.8 cm³/mol. The van der Waals surface area contributed by atoms with E-state index >= 15 is 0 Å². The minimum Gasteiger partial charge on any atom is -0.489 e. The summed E-state index contributed by atoms with van der Waals surface area (Å²) < 4.78 is 5.69. The van der Waals surface area contributed by atoms with E-state index in [2.05, 4.69) is 10.6 Å². The van der Waals surface area contributed by atoms with Gasteiger partial charge in [-0.2, -0.15) is 0 Å². The number of nitrogens with one attached hydrogen (secondary N) is 2. The van der Waals surface area contributed by atoms with Crippen molar-refractivity contribution in [1.29, 1.82) is 0 Å². The molecule has 0 aliphatic carbocycles. The molecule has 5 heteroatoms. The molecule has 2 aromatic carbocycles. The molecule has 2 N–H and O–H groups in total. The van der Waals surface area contributed by atoms with Gasteiger partial charge in [0.15, 0.2) is 0 Å². The molecule has 0 bridgehead atoms. The van der Waals surface area contributed by atoms with Crippen LogP contribution in [-0.4, -0.2) is 18.4 Å². The highest BCUT2D eigenvalue weighted by Gasteiger charge is 2.05. The molecule has 0 aromatic heterocycles. The van der Waals surface area contributed by atoms with Gasteiger partial charge in [0.2, 0.25) is 11.8 Å². The van der Waals surface area contributed by atoms with Crippen LogP contribution >= 0.6 is 0 Å². The second-order valence-electron chi connectivity index (χ2n) is 5.37. The second kappa shape index (κ2) is 9.35. The monoisotopic (exact) mass is 326 g/mol. The molecule has 0 unspecified atom stereocenters. The van der Waals surface area contributed by atoms with Crippen LogP contribution in [0.3, 0.4) is 0 Å². The zero-order valence-corrected chi connectivity index (χ0v) is 13.7. The predicted octanol–water partition coefficient (Wildman–Crippen LogP) is 3.12. The highest BCUT2D eigenvalue weighted by atomic mass is 16.5. The van der Waals surface area contributed by atoms with Crippen molar-refractivity contribution in [3.63, 3.8) is 0 Å². The van der Waals surface area contributed by atoms with Gasteiger partial charge in [-0.3, -0.25) is 9.59 Å². The van der Waals surface area contributed by atoms with E-state index in [1.807, 2.05) is 37.3 Å². The topological polar surface area (TPSA) is 67.4 Å². The lowest BCUT2D eigenvalue weighted by Gasteiger charge is -2.09. The number of benzene rings is 2. The number of hydrogen-bond donors (Lipinski definition) is 2. The van der Waals surface area contributed by atoms with E-state index in [0.29, 0.717) is 18.7 Å². The van der Waals surface area contributed by atoms with Crippen molar-refractivity contribution in [2.75, 3.05) is 11.9 Å². The molecule has 0 fully saturated rings. The van der Waals surface area contributed by atoms with Gasteiger partial charge in [-0.1, -0.05) is 37.3 Å². The van der Waals surface area contributed by atoms with E-state index in [1.54, 1.807) is 24.3 Å². The molecule has 2 aromatic rings. The molecular weight excluding hydrogens is 304 g/mol. The summed E-state index contributed by atoms with van der Waals surface area (Å²) in [6.07, 6.45) is 1.19. The van der Waals surface area contributed by atoms with Gasteiger partial charge in [0.1, 0.15) is 12.4 Å². The van der Waals surface area contributed by atoms with Gasteiger partial charge in [-0.05, 0) is 36.2 Å². The summed E-state index contributed by atoms with van der Waals surface area (Å²) in [4.78, 5) is 23.1. The van der Waals surface area contributed by atoms with Crippen LogP contribution in [0.25, 0.3) is 0 Å². The molecule has 24 heavy (non-hydrogen) atoms. The zero-order chi connectivity index (χ0) is 17.2. The van der Waals surface area contributed by atoms with Crippen LogP contribution < -0.4 is 15.4 Å². The number of amides is 2. The first-order chi connectivity index (χ1) is 11.7. The first-order valence-electron chi connectivity index (χ1n) is 8.00. The average molecular weight is 326 g/mol. The number of anilines is 1. The lowest BCUT2D eigenvalue weighted by molar-refractivity contribution is -0.124. The van der Waals surface area contributed by atoms with Crippen molar-refractivity contribution >= 4 is 17.5 Å². The highest BCUT2D eigenvalue weighted by Crippen LogP contribution is 2.17. The Hall–Kier alpha value is -2.82. The van der Waals surface area contributed by atoms with Crippen molar-refractivity contribution in [2.45, 2.75) is 26.4 Å². The van der Waals surface area contributed by atoms with E-state index in [9.17, 15) is 9.59 Å². The summed E-state index contributed by atoms with van der Waals surface area (Å²) >= 11 is 0. The Bertz CT molecular complexity index is 654. The first kappa shape index (κ1) is 17.5. The molecule has 2 rings (SSSR count). The van der Waals surface area contributed by atoms with Crippen molar-refractivity contribution < 1.29 is 14.3 Å². The fourth-order valence-electron chi connectivity index (χ4n) is 2.07. The summed E-state index contributed by atoms with van der Waals surface area (Å²) in [5.74, 6) is 0.364. The number of ether oxygens (including phenoxy) is 1. The van der Waals surface area contributed by atoms with E-state index < -0.39 is 0 Å². The summed E-state index contributed by atoms with van der Waals surface area (Å²) in [6.45, 7) is 2.39. The Balaban J connectivity index is 1.77. The quantitative estimate of drug-likeness (QED) is 0.783. The molecule has 0 aliphatic heterocycles. The summed E-state index contributed by atoms with van der Waals surface area (Å²) in [6, 6.07) is 17.0. The Labute approximate surface area is 142 Å². The van der Waals surface area contributed by atoms with Crippen LogP contribution in [-0.2, 0) is 16.2 Å². The van der Waals surface area contributed by atoms with Crippen molar-refractivity contribution in [3.05, 3.63) is 60.2 Å². The van der Waals surface area contributed by atoms with Crippen molar-refractivity contribution in [2.24, 2.45) is 0 Å². The van der Waals surface area contributed by atoms with Crippen LogP contribution in [0.5, 0.6) is 5.75 Å². The Morgan fingerprint density at radius 3 is 2.33 bits per heavy atom. The minimum absolute atomic E-state index is 0.0227. The van der Waals surface area contributed by atoms with E-state index in [-0.39, 0.29) is 18.4 Å². The van der Waals surface area contributed by atoms with E-state index in [1.165, 1.54) is 0 Å². The molecule has 2 amide bonds. The fraction of sp³-hybridized carbons (Fsp3) is 0.263. The maximum Gasteiger partial charge on any atom is 0.243 e. The Kier molecular flexibility index (Phi) is 6.83. The lowest BCUT2D eigenvalue weighted by atomic mass is 10.2. The van der Waals surface area contributed by atoms with E-state index in [0.717, 1.165) is 17.7 Å². The molecule has 5 nitrogen and oxygen atoms in total. The fourth-order valence-corrected chi connectivity index (χ4v) is 2.07. The van der Waals surface area contributed by atoms with Gasteiger partial charge < -0.3 is 15.4 Å². The maximum atomic E-state index is 11.8. The van der Waals surface area contributed by atoms with Crippen LogP contribution in [0.4, 0.5) is 5.69 Å². The molecule has 0 saturated carbocycles. The molecule has 0 atom stereocenters. The third-order valence-electron chi connectivity index (χ3n) is 3.31. The SMILES string of the molecule is CCCC(=O)NCC(=O)Nc1ccc(OCc2ccccc2)cc1. The average Bonchev–Trinajstić information content (AvgIpc) is 2.61. The first-order valence-corrected chi connectivity index (χ1v) is 8.00. The summed E-state index contributed by atoms with van der Waals surface area (Å²) in [7, 11) is 0. The number of carbonyl (C=O) groups excluding carboxylic acids is 2. The van der Waals surface area contributed by atoms with Crippen molar-refractivity contribution in [1.82, 2.24) is 5.32 Å². The van der Waals surface area contributed by atoms with E-state index in [4.69, 9.17) is 4.74 Å². The van der Waals surface area contributed by atoms with Gasteiger partial charge in [-0.15, -0.1) is 0 Å². The maximum absolute atomic E-state index is 11.8. The number of rotatable bonds is 8. The normalized spacial score (nSPS) is 10.0.